The van der Waals surface area contributed by atoms with Gasteiger partial charge in [0.15, 0.2) is 0 Å². The predicted molar refractivity (Wildman–Crippen MR) is 167 cm³/mol. The van der Waals surface area contributed by atoms with Gasteiger partial charge in [-0.25, -0.2) is 8.42 Å². The Morgan fingerprint density at radius 2 is 1.57 bits per heavy atom. The Hall–Kier alpha value is -3.85. The van der Waals surface area contributed by atoms with Crippen molar-refractivity contribution in [3.05, 3.63) is 89.5 Å². The van der Waals surface area contributed by atoms with Crippen molar-refractivity contribution in [1.29, 1.82) is 0 Å². The van der Waals surface area contributed by atoms with Crippen LogP contribution in [0.25, 0.3) is 0 Å². The second kappa shape index (κ2) is 14.9. The molecule has 3 aromatic rings. The number of nitrogens with one attached hydrogen (secondary N) is 1. The first-order valence-electron chi connectivity index (χ1n) is 14.4. The molecule has 1 atom stereocenters. The van der Waals surface area contributed by atoms with Crippen LogP contribution >= 0.6 is 0 Å². The van der Waals surface area contributed by atoms with Crippen LogP contribution < -0.4 is 14.4 Å². The normalized spacial score (nSPS) is 12.1. The lowest BCUT2D eigenvalue weighted by Gasteiger charge is -2.33. The monoisotopic (exact) mass is 593 g/mol. The summed E-state index contributed by atoms with van der Waals surface area (Å²) in [5, 5.41) is 2.95. The Morgan fingerprint density at radius 1 is 0.905 bits per heavy atom. The van der Waals surface area contributed by atoms with Crippen molar-refractivity contribution >= 4 is 27.5 Å². The summed E-state index contributed by atoms with van der Waals surface area (Å²) >= 11 is 0. The molecule has 0 radical (unpaired) electrons. The third-order valence-electron chi connectivity index (χ3n) is 6.83. The summed E-state index contributed by atoms with van der Waals surface area (Å²) in [5.41, 5.74) is 3.19. The molecule has 0 aliphatic heterocycles. The van der Waals surface area contributed by atoms with E-state index in [1.54, 1.807) is 36.4 Å². The zero-order chi connectivity index (χ0) is 30.9. The van der Waals surface area contributed by atoms with E-state index in [0.717, 1.165) is 21.0 Å². The first kappa shape index (κ1) is 32.7. The highest BCUT2D eigenvalue weighted by molar-refractivity contribution is 7.92. The van der Waals surface area contributed by atoms with Gasteiger partial charge in [-0.1, -0.05) is 68.3 Å². The molecule has 3 rings (SSSR count). The van der Waals surface area contributed by atoms with Gasteiger partial charge in [0.25, 0.3) is 10.0 Å². The number of hydrogen-bond acceptors (Lipinski definition) is 5. The van der Waals surface area contributed by atoms with Gasteiger partial charge in [-0.15, -0.1) is 0 Å². The maximum Gasteiger partial charge on any atom is 0.264 e. The Morgan fingerprint density at radius 3 is 2.14 bits per heavy atom. The maximum absolute atomic E-state index is 14.2. The van der Waals surface area contributed by atoms with Gasteiger partial charge in [-0.05, 0) is 75.1 Å². The van der Waals surface area contributed by atoms with Crippen molar-refractivity contribution < 1.29 is 22.7 Å². The SMILES string of the molecule is CCOc1ccc(S(=O)(=O)N(CC(=O)N(Cc2cccc(C)c2)[C@H](CC)C(=O)NCC(C)C)c2ccc(C)cc2)cc1. The molecular weight excluding hydrogens is 550 g/mol. The van der Waals surface area contributed by atoms with Gasteiger partial charge < -0.3 is 15.0 Å². The number of aryl methyl sites for hydroxylation is 2. The maximum atomic E-state index is 14.2. The van der Waals surface area contributed by atoms with Crippen LogP contribution in [0.1, 0.15) is 50.8 Å². The van der Waals surface area contributed by atoms with E-state index < -0.39 is 28.5 Å². The average Bonchev–Trinajstić information content (AvgIpc) is 2.95. The summed E-state index contributed by atoms with van der Waals surface area (Å²) in [5.74, 6) is 0.0576. The van der Waals surface area contributed by atoms with Crippen molar-refractivity contribution in [3.8, 4) is 5.75 Å². The molecule has 0 spiro atoms. The van der Waals surface area contributed by atoms with Crippen LogP contribution in [-0.4, -0.2) is 50.9 Å². The molecule has 0 unspecified atom stereocenters. The zero-order valence-electron chi connectivity index (χ0n) is 25.5. The lowest BCUT2D eigenvalue weighted by Crippen LogP contribution is -2.52. The van der Waals surface area contributed by atoms with Crippen molar-refractivity contribution in [2.24, 2.45) is 5.92 Å². The topological polar surface area (TPSA) is 96.0 Å². The summed E-state index contributed by atoms with van der Waals surface area (Å²) in [4.78, 5) is 29.0. The van der Waals surface area contributed by atoms with E-state index in [4.69, 9.17) is 4.74 Å². The van der Waals surface area contributed by atoms with Gasteiger partial charge in [-0.2, -0.15) is 0 Å². The summed E-state index contributed by atoms with van der Waals surface area (Å²) in [6.45, 7) is 12.2. The molecule has 9 heteroatoms. The lowest BCUT2D eigenvalue weighted by atomic mass is 10.1. The highest BCUT2D eigenvalue weighted by Gasteiger charge is 2.33. The van der Waals surface area contributed by atoms with Gasteiger partial charge in [0.05, 0.1) is 17.2 Å². The zero-order valence-corrected chi connectivity index (χ0v) is 26.3. The van der Waals surface area contributed by atoms with Gasteiger partial charge in [-0.3, -0.25) is 13.9 Å². The highest BCUT2D eigenvalue weighted by Crippen LogP contribution is 2.26. The number of rotatable bonds is 14. The van der Waals surface area contributed by atoms with Crippen LogP contribution in [0, 0.1) is 19.8 Å². The Kier molecular flexibility index (Phi) is 11.6. The summed E-state index contributed by atoms with van der Waals surface area (Å²) in [6, 6.07) is 20.1. The quantitative estimate of drug-likeness (QED) is 0.267. The fraction of sp³-hybridized carbons (Fsp3) is 0.394. The molecule has 0 heterocycles. The highest BCUT2D eigenvalue weighted by atomic mass is 32.2. The van der Waals surface area contributed by atoms with E-state index in [9.17, 15) is 18.0 Å². The van der Waals surface area contributed by atoms with E-state index in [1.807, 2.05) is 65.8 Å². The molecule has 0 aliphatic rings. The van der Waals surface area contributed by atoms with E-state index in [-0.39, 0.29) is 23.3 Å². The van der Waals surface area contributed by atoms with Crippen LogP contribution in [0.4, 0.5) is 5.69 Å². The molecule has 0 saturated heterocycles. The molecule has 226 valence electrons. The molecule has 0 aliphatic carbocycles. The van der Waals surface area contributed by atoms with Crippen molar-refractivity contribution in [2.45, 2.75) is 65.4 Å². The molecule has 8 nitrogen and oxygen atoms in total. The predicted octanol–water partition coefficient (Wildman–Crippen LogP) is 5.48. The average molecular weight is 594 g/mol. The number of carbonyl (C=O) groups is 2. The molecule has 3 aromatic carbocycles. The molecule has 42 heavy (non-hydrogen) atoms. The van der Waals surface area contributed by atoms with E-state index in [2.05, 4.69) is 5.32 Å². The van der Waals surface area contributed by atoms with Crippen LogP contribution in [0.3, 0.4) is 0 Å². The number of benzene rings is 3. The molecule has 0 aromatic heterocycles. The second-order valence-corrected chi connectivity index (χ2v) is 12.7. The summed E-state index contributed by atoms with van der Waals surface area (Å²) < 4.78 is 34.7. The van der Waals surface area contributed by atoms with Crippen LogP contribution in [-0.2, 0) is 26.2 Å². The van der Waals surface area contributed by atoms with Gasteiger partial charge in [0.1, 0.15) is 18.3 Å². The minimum Gasteiger partial charge on any atom is -0.494 e. The molecule has 2 amide bonds. The lowest BCUT2D eigenvalue weighted by molar-refractivity contribution is -0.140. The first-order valence-corrected chi connectivity index (χ1v) is 15.8. The molecule has 0 fully saturated rings. The summed E-state index contributed by atoms with van der Waals surface area (Å²) in [7, 11) is -4.15. The van der Waals surface area contributed by atoms with Crippen molar-refractivity contribution in [1.82, 2.24) is 10.2 Å². The number of sulfonamides is 1. The largest absolute Gasteiger partial charge is 0.494 e. The molecular formula is C33H43N3O5S. The number of ether oxygens (including phenoxy) is 1. The van der Waals surface area contributed by atoms with Crippen molar-refractivity contribution in [3.63, 3.8) is 0 Å². The smallest absolute Gasteiger partial charge is 0.264 e. The van der Waals surface area contributed by atoms with Crippen molar-refractivity contribution in [2.75, 3.05) is 24.0 Å². The Labute approximate surface area is 250 Å². The minimum atomic E-state index is -4.15. The van der Waals surface area contributed by atoms with Gasteiger partial charge >= 0.3 is 0 Å². The van der Waals surface area contributed by atoms with Gasteiger partial charge in [0.2, 0.25) is 11.8 Å². The molecule has 1 N–H and O–H groups in total. The number of anilines is 1. The van der Waals surface area contributed by atoms with E-state index >= 15 is 0 Å². The number of carbonyl (C=O) groups excluding carboxylic acids is 2. The van der Waals surface area contributed by atoms with Crippen LogP contribution in [0.15, 0.2) is 77.7 Å². The Bertz CT molecular complexity index is 1440. The van der Waals surface area contributed by atoms with Crippen LogP contribution in [0.5, 0.6) is 5.75 Å². The number of hydrogen-bond donors (Lipinski definition) is 1. The number of amides is 2. The third kappa shape index (κ3) is 8.58. The minimum absolute atomic E-state index is 0.0336. The standard InChI is InChI=1S/C33H43N3O5S/c1-7-31(33(38)34-21-24(3)4)35(22-27-11-9-10-26(6)20-27)32(37)23-36(28-14-12-25(5)13-15-28)42(39,40)30-18-16-29(17-19-30)41-8-2/h9-20,24,31H,7-8,21-23H2,1-6H3,(H,34,38)/t31-/m1/s1. The fourth-order valence-electron chi connectivity index (χ4n) is 4.59. The van der Waals surface area contributed by atoms with E-state index in [0.29, 0.717) is 31.0 Å². The molecule has 0 saturated carbocycles. The first-order chi connectivity index (χ1) is 20.0. The van der Waals surface area contributed by atoms with Gasteiger partial charge in [0, 0.05) is 13.1 Å². The van der Waals surface area contributed by atoms with Crippen LogP contribution in [0.2, 0.25) is 0 Å². The number of nitrogens with zero attached hydrogens (tertiary/aromatic N) is 2. The Balaban J connectivity index is 2.04. The fourth-order valence-corrected chi connectivity index (χ4v) is 6.00. The van der Waals surface area contributed by atoms with E-state index in [1.165, 1.54) is 17.0 Å². The second-order valence-electron chi connectivity index (χ2n) is 10.8. The molecule has 0 bridgehead atoms. The third-order valence-corrected chi connectivity index (χ3v) is 8.62. The summed E-state index contributed by atoms with van der Waals surface area (Å²) in [6.07, 6.45) is 0.373.